The van der Waals surface area contributed by atoms with Gasteiger partial charge in [-0.15, -0.1) is 0 Å². The van der Waals surface area contributed by atoms with Crippen molar-refractivity contribution in [3.8, 4) is 17.0 Å². The fourth-order valence-electron chi connectivity index (χ4n) is 4.22. The average molecular weight is 464 g/mol. The molecular weight excluding hydrogens is 438 g/mol. The monoisotopic (exact) mass is 463 g/mol. The molecular formula is C24H26ClN7O. The van der Waals surface area contributed by atoms with Crippen LogP contribution in [0.15, 0.2) is 49.1 Å². The Labute approximate surface area is 197 Å². The van der Waals surface area contributed by atoms with Gasteiger partial charge in [0.25, 0.3) is 0 Å². The van der Waals surface area contributed by atoms with E-state index in [1.165, 1.54) is 5.69 Å². The molecule has 0 bridgehead atoms. The van der Waals surface area contributed by atoms with Crippen LogP contribution in [0.25, 0.3) is 16.9 Å². The number of piperazine rings is 1. The molecule has 1 saturated heterocycles. The van der Waals surface area contributed by atoms with Gasteiger partial charge >= 0.3 is 0 Å². The first kappa shape index (κ1) is 21.3. The normalized spacial score (nSPS) is 14.1. The number of halogens is 1. The molecule has 3 aromatic heterocycles. The lowest BCUT2D eigenvalue weighted by Crippen LogP contribution is -2.46. The molecule has 0 spiro atoms. The summed E-state index contributed by atoms with van der Waals surface area (Å²) in [5.74, 6) is 1.31. The van der Waals surface area contributed by atoms with E-state index >= 15 is 0 Å². The van der Waals surface area contributed by atoms with E-state index in [-0.39, 0.29) is 0 Å². The van der Waals surface area contributed by atoms with Crippen molar-refractivity contribution in [3.63, 3.8) is 0 Å². The van der Waals surface area contributed by atoms with Gasteiger partial charge in [0.15, 0.2) is 0 Å². The lowest BCUT2D eigenvalue weighted by molar-refractivity contribution is 0.415. The third kappa shape index (κ3) is 4.14. The number of imidazole rings is 1. The second kappa shape index (κ2) is 8.78. The van der Waals surface area contributed by atoms with Crippen molar-refractivity contribution in [1.82, 2.24) is 19.4 Å². The van der Waals surface area contributed by atoms with Crippen LogP contribution >= 0.6 is 11.6 Å². The van der Waals surface area contributed by atoms with E-state index in [4.69, 9.17) is 21.3 Å². The van der Waals surface area contributed by atoms with Crippen molar-refractivity contribution in [1.29, 1.82) is 0 Å². The Hall–Kier alpha value is -3.52. The van der Waals surface area contributed by atoms with Gasteiger partial charge in [0.1, 0.15) is 11.4 Å². The molecule has 1 N–H and O–H groups in total. The highest BCUT2D eigenvalue weighted by Crippen LogP contribution is 2.33. The maximum atomic E-state index is 6.37. The Bertz CT molecular complexity index is 1280. The van der Waals surface area contributed by atoms with Gasteiger partial charge in [-0.25, -0.2) is 15.0 Å². The molecule has 1 fully saturated rings. The van der Waals surface area contributed by atoms with Crippen LogP contribution in [0.5, 0.6) is 5.75 Å². The summed E-state index contributed by atoms with van der Waals surface area (Å²) >= 11 is 6.37. The third-order valence-electron chi connectivity index (χ3n) is 6.09. The number of anilines is 3. The van der Waals surface area contributed by atoms with E-state index in [1.807, 2.05) is 49.1 Å². The van der Waals surface area contributed by atoms with Crippen LogP contribution in [0.4, 0.5) is 17.3 Å². The number of aryl methyl sites for hydroxylation is 1. The second-order valence-corrected chi connectivity index (χ2v) is 8.47. The smallest absolute Gasteiger partial charge is 0.222 e. The summed E-state index contributed by atoms with van der Waals surface area (Å²) in [6.45, 7) is 5.71. The maximum absolute atomic E-state index is 6.37. The molecule has 9 heteroatoms. The van der Waals surface area contributed by atoms with Crippen molar-refractivity contribution < 1.29 is 4.74 Å². The van der Waals surface area contributed by atoms with Gasteiger partial charge in [-0.1, -0.05) is 11.6 Å². The molecule has 0 amide bonds. The van der Waals surface area contributed by atoms with Gasteiger partial charge in [0.05, 0.1) is 35.9 Å². The number of hydrogen-bond donors (Lipinski definition) is 1. The van der Waals surface area contributed by atoms with Gasteiger partial charge in [-0.05, 0) is 30.7 Å². The zero-order valence-electron chi connectivity index (χ0n) is 18.9. The highest BCUT2D eigenvalue weighted by molar-refractivity contribution is 6.32. The van der Waals surface area contributed by atoms with Crippen LogP contribution in [0.2, 0.25) is 5.02 Å². The first-order chi connectivity index (χ1) is 16.1. The quantitative estimate of drug-likeness (QED) is 0.477. The molecule has 8 nitrogen and oxygen atoms in total. The Balaban J connectivity index is 1.34. The number of pyridine rings is 1. The number of rotatable bonds is 5. The number of nitrogens with one attached hydrogen (secondary N) is 1. The second-order valence-electron chi connectivity index (χ2n) is 8.07. The summed E-state index contributed by atoms with van der Waals surface area (Å²) in [5.41, 5.74) is 6.10. The number of fused-ring (bicyclic) bond motifs is 1. The Morgan fingerprint density at radius 1 is 1.00 bits per heavy atom. The van der Waals surface area contributed by atoms with Gasteiger partial charge in [-0.3, -0.25) is 0 Å². The average Bonchev–Trinajstić information content (AvgIpc) is 3.28. The minimum absolute atomic E-state index is 0.583. The Morgan fingerprint density at radius 3 is 2.36 bits per heavy atom. The number of ether oxygens (including phenoxy) is 1. The number of nitrogens with zero attached hydrogens (tertiary/aromatic N) is 6. The van der Waals surface area contributed by atoms with Crippen LogP contribution in [0.3, 0.4) is 0 Å². The topological polar surface area (TPSA) is 70.8 Å². The number of methoxy groups -OCH3 is 1. The molecule has 0 radical (unpaired) electrons. The standard InChI is InChI=1S/C24H26ClN7O/c1-16-10-22(33-3)20(25)12-19(16)21-15-32-5-4-17(11-23(32)29-21)30-6-8-31(9-7-30)18-13-27-24(26-2)28-14-18/h4-5,10-15H,6-9H2,1-3H3,(H,26,27,28). The Kier molecular flexibility index (Phi) is 5.68. The summed E-state index contributed by atoms with van der Waals surface area (Å²) < 4.78 is 7.38. The molecule has 5 rings (SSSR count). The number of benzene rings is 1. The van der Waals surface area contributed by atoms with Gasteiger partial charge < -0.3 is 24.3 Å². The van der Waals surface area contributed by atoms with Crippen LogP contribution in [0, 0.1) is 6.92 Å². The molecule has 0 aliphatic carbocycles. The Morgan fingerprint density at radius 2 is 1.70 bits per heavy atom. The molecule has 0 unspecified atom stereocenters. The van der Waals surface area contributed by atoms with Crippen LogP contribution in [-0.2, 0) is 0 Å². The van der Waals surface area contributed by atoms with Crippen LogP contribution < -0.4 is 19.9 Å². The third-order valence-corrected chi connectivity index (χ3v) is 6.39. The molecule has 0 atom stereocenters. The van der Waals surface area contributed by atoms with Crippen molar-refractivity contribution in [2.45, 2.75) is 6.92 Å². The van der Waals surface area contributed by atoms with E-state index in [1.54, 1.807) is 7.11 Å². The van der Waals surface area contributed by atoms with Crippen molar-refractivity contribution in [2.24, 2.45) is 0 Å². The molecule has 33 heavy (non-hydrogen) atoms. The van der Waals surface area contributed by atoms with E-state index in [0.29, 0.717) is 16.7 Å². The predicted octanol–water partition coefficient (Wildman–Crippen LogP) is 4.13. The highest BCUT2D eigenvalue weighted by Gasteiger charge is 2.19. The largest absolute Gasteiger partial charge is 0.495 e. The summed E-state index contributed by atoms with van der Waals surface area (Å²) in [4.78, 5) is 18.2. The molecule has 170 valence electrons. The molecule has 1 aliphatic heterocycles. The number of aromatic nitrogens is 4. The lowest BCUT2D eigenvalue weighted by atomic mass is 10.1. The van der Waals surface area contributed by atoms with E-state index in [9.17, 15) is 0 Å². The SMILES string of the molecule is CNc1ncc(N2CCN(c3ccn4cc(-c5cc(Cl)c(OC)cc5C)nc4c3)CC2)cn1. The van der Waals surface area contributed by atoms with Crippen LogP contribution in [0.1, 0.15) is 5.56 Å². The maximum Gasteiger partial charge on any atom is 0.222 e. The first-order valence-electron chi connectivity index (χ1n) is 10.9. The van der Waals surface area contributed by atoms with E-state index in [0.717, 1.165) is 54.3 Å². The molecule has 1 aliphatic rings. The summed E-state index contributed by atoms with van der Waals surface area (Å²) in [5, 5.41) is 3.54. The molecule has 4 aromatic rings. The lowest BCUT2D eigenvalue weighted by Gasteiger charge is -2.37. The van der Waals surface area contributed by atoms with Gasteiger partial charge in [-0.2, -0.15) is 0 Å². The minimum atomic E-state index is 0.583. The molecule has 1 aromatic carbocycles. The van der Waals surface area contributed by atoms with Gasteiger partial charge in [0.2, 0.25) is 5.95 Å². The minimum Gasteiger partial charge on any atom is -0.495 e. The predicted molar refractivity (Wildman–Crippen MR) is 133 cm³/mol. The van der Waals surface area contributed by atoms with Crippen LogP contribution in [-0.4, -0.2) is 59.7 Å². The fourth-order valence-corrected chi connectivity index (χ4v) is 4.46. The van der Waals surface area contributed by atoms with E-state index < -0.39 is 0 Å². The van der Waals surface area contributed by atoms with Crippen molar-refractivity contribution in [3.05, 3.63) is 59.6 Å². The highest BCUT2D eigenvalue weighted by atomic mass is 35.5. The van der Waals surface area contributed by atoms with E-state index in [2.05, 4.69) is 43.4 Å². The fraction of sp³-hybridized carbons (Fsp3) is 0.292. The van der Waals surface area contributed by atoms with Crippen molar-refractivity contribution in [2.75, 3.05) is 55.5 Å². The zero-order valence-corrected chi connectivity index (χ0v) is 19.7. The summed E-state index contributed by atoms with van der Waals surface area (Å²) in [6.07, 6.45) is 7.86. The molecule has 4 heterocycles. The summed E-state index contributed by atoms with van der Waals surface area (Å²) in [6, 6.07) is 8.16. The van der Waals surface area contributed by atoms with Crippen molar-refractivity contribution >= 4 is 34.6 Å². The first-order valence-corrected chi connectivity index (χ1v) is 11.3. The zero-order chi connectivity index (χ0) is 22.9. The summed E-state index contributed by atoms with van der Waals surface area (Å²) in [7, 11) is 3.45. The number of hydrogen-bond acceptors (Lipinski definition) is 7. The van der Waals surface area contributed by atoms with Gasteiger partial charge in [0, 0.05) is 62.9 Å². The molecule has 0 saturated carbocycles.